The molecule has 1 saturated heterocycles. The summed E-state index contributed by atoms with van der Waals surface area (Å²) >= 11 is 1.77. The molecule has 6 radical (unpaired) electrons. The van der Waals surface area contributed by atoms with Crippen molar-refractivity contribution in [3.63, 3.8) is 0 Å². The van der Waals surface area contributed by atoms with E-state index in [0.717, 1.165) is 58.0 Å². The fourth-order valence-electron chi connectivity index (χ4n) is 2.67. The average Bonchev–Trinajstić information content (AvgIpc) is 2.88. The maximum atomic E-state index is 12.5. The van der Waals surface area contributed by atoms with Gasteiger partial charge in [-0.05, 0) is 0 Å². The molecular formula is C17H26N2O3Pb2. The Hall–Kier alpha value is 0.304. The summed E-state index contributed by atoms with van der Waals surface area (Å²) in [7, 11) is 3.45. The summed E-state index contributed by atoms with van der Waals surface area (Å²) in [5.74, 6) is 6.45. The quantitative estimate of drug-likeness (QED) is 0.237. The second kappa shape index (κ2) is 9.85. The number of carbonyl (C=O) groups is 2. The van der Waals surface area contributed by atoms with E-state index >= 15 is 0 Å². The predicted octanol–water partition coefficient (Wildman–Crippen LogP) is 0.583. The van der Waals surface area contributed by atoms with Gasteiger partial charge in [-0.25, -0.2) is 0 Å². The van der Waals surface area contributed by atoms with Gasteiger partial charge >= 0.3 is 179 Å². The monoisotopic (exact) mass is 722 g/mol. The molecule has 24 heavy (non-hydrogen) atoms. The van der Waals surface area contributed by atoms with Gasteiger partial charge in [0.25, 0.3) is 0 Å². The van der Waals surface area contributed by atoms with E-state index < -0.39 is 0 Å². The van der Waals surface area contributed by atoms with E-state index in [-0.39, 0.29) is 36.8 Å². The topological polar surface area (TPSA) is 49.9 Å². The van der Waals surface area contributed by atoms with Gasteiger partial charge < -0.3 is 0 Å². The van der Waals surface area contributed by atoms with Crippen molar-refractivity contribution in [1.82, 2.24) is 9.80 Å². The van der Waals surface area contributed by atoms with Crippen molar-refractivity contribution in [3.05, 3.63) is 0 Å². The SMILES string of the molecule is COC(=O)CC1CC(N(C)CC#CC(C)(C)C)CN1C(=O)[CH]([Pb])[Pb]. The zero-order valence-corrected chi connectivity index (χ0v) is 23.0. The first-order chi connectivity index (χ1) is 11.0. The van der Waals surface area contributed by atoms with Crippen LogP contribution in [0.3, 0.4) is 0 Å². The molecule has 1 heterocycles. The second-order valence-corrected chi connectivity index (χ2v) is 20.4. The van der Waals surface area contributed by atoms with Gasteiger partial charge in [-0.3, -0.25) is 0 Å². The zero-order chi connectivity index (χ0) is 18.5. The van der Waals surface area contributed by atoms with E-state index in [1.165, 1.54) is 7.11 Å². The van der Waals surface area contributed by atoms with Crippen LogP contribution in [0.1, 0.15) is 33.6 Å². The fourth-order valence-corrected chi connectivity index (χ4v) is 3.96. The van der Waals surface area contributed by atoms with E-state index in [0.29, 0.717) is 13.1 Å². The third-order valence-electron chi connectivity index (χ3n) is 3.97. The molecule has 1 amide bonds. The van der Waals surface area contributed by atoms with E-state index in [2.05, 4.69) is 37.5 Å². The van der Waals surface area contributed by atoms with Crippen LogP contribution in [0.4, 0.5) is 0 Å². The normalized spacial score (nSPS) is 21.0. The number of ether oxygens (including phenoxy) is 1. The number of esters is 1. The molecule has 0 aliphatic carbocycles. The Labute approximate surface area is 177 Å². The summed E-state index contributed by atoms with van der Waals surface area (Å²) < 4.78 is 5.01. The predicted molar refractivity (Wildman–Crippen MR) is 95.7 cm³/mol. The zero-order valence-electron chi connectivity index (χ0n) is 15.2. The van der Waals surface area contributed by atoms with E-state index in [1.807, 2.05) is 11.9 Å². The number of hydrogen-bond acceptors (Lipinski definition) is 4. The molecule has 7 heteroatoms. The van der Waals surface area contributed by atoms with Gasteiger partial charge in [0.15, 0.2) is 0 Å². The van der Waals surface area contributed by atoms with Gasteiger partial charge in [0, 0.05) is 0 Å². The van der Waals surface area contributed by atoms with Crippen LogP contribution in [0.2, 0.25) is 1.04 Å². The third-order valence-corrected chi connectivity index (χ3v) is 5.89. The van der Waals surface area contributed by atoms with Crippen LogP contribution in [-0.4, -0.2) is 113 Å². The molecule has 0 N–H and O–H groups in total. The van der Waals surface area contributed by atoms with Gasteiger partial charge in [0.05, 0.1) is 0 Å². The summed E-state index contributed by atoms with van der Waals surface area (Å²) in [6.07, 6.45) is 1.10. The molecule has 0 aromatic rings. The van der Waals surface area contributed by atoms with Crippen molar-refractivity contribution in [2.24, 2.45) is 5.41 Å². The number of likely N-dealkylation sites (N-methyl/N-ethyl adjacent to an activating group) is 1. The van der Waals surface area contributed by atoms with Crippen LogP contribution in [0.25, 0.3) is 0 Å². The Bertz CT molecular complexity index is 520. The number of hydrogen-bond donors (Lipinski definition) is 0. The first kappa shape index (κ1) is 22.3. The van der Waals surface area contributed by atoms with Crippen LogP contribution in [0.15, 0.2) is 0 Å². The van der Waals surface area contributed by atoms with Crippen molar-refractivity contribution in [3.8, 4) is 11.8 Å². The van der Waals surface area contributed by atoms with Gasteiger partial charge in [0.1, 0.15) is 0 Å². The summed E-state index contributed by atoms with van der Waals surface area (Å²) in [6, 6.07) is 0.207. The molecule has 1 rings (SSSR count). The molecule has 1 aliphatic rings. The van der Waals surface area contributed by atoms with Gasteiger partial charge in [-0.15, -0.1) is 0 Å². The number of rotatable bonds is 5. The first-order valence-electron chi connectivity index (χ1n) is 8.05. The van der Waals surface area contributed by atoms with Crippen molar-refractivity contribution >= 4 is 63.4 Å². The van der Waals surface area contributed by atoms with E-state index in [4.69, 9.17) is 4.74 Å². The first-order valence-corrected chi connectivity index (χ1v) is 12.5. The number of likely N-dealkylation sites (tertiary alicyclic amines) is 1. The molecule has 5 nitrogen and oxygen atoms in total. The van der Waals surface area contributed by atoms with Gasteiger partial charge in [-0.2, -0.15) is 0 Å². The summed E-state index contributed by atoms with van der Waals surface area (Å²) in [4.78, 5) is 28.3. The number of nitrogens with zero attached hydrogens (tertiary/aromatic N) is 2. The minimum absolute atomic E-state index is 0.00116. The number of carbonyl (C=O) groups excluding carboxylic acids is 2. The van der Waals surface area contributed by atoms with E-state index in [1.54, 1.807) is 0 Å². The summed E-state index contributed by atoms with van der Waals surface area (Å²) in [6.45, 7) is 7.66. The fraction of sp³-hybridized carbons (Fsp3) is 0.765. The standard InChI is InChI=1S/C17H26N2O3.2Pb/c1-13(20)19-12-15(10-14(19)11-16(21)22-6)18(5)9-7-8-17(2,3)4;;/h1,14-15H,9-12H2,2-6H3;;. The molecule has 0 saturated carbocycles. The Morgan fingerprint density at radius 2 is 2.00 bits per heavy atom. The number of amides is 1. The molecule has 1 aliphatic heterocycles. The van der Waals surface area contributed by atoms with Gasteiger partial charge in [-0.1, -0.05) is 0 Å². The molecule has 0 bridgehead atoms. The van der Waals surface area contributed by atoms with Crippen LogP contribution in [0, 0.1) is 17.3 Å². The molecule has 1 fully saturated rings. The van der Waals surface area contributed by atoms with Gasteiger partial charge in [0.2, 0.25) is 0 Å². The van der Waals surface area contributed by atoms with Crippen LogP contribution in [-0.2, 0) is 14.3 Å². The Balaban J connectivity index is 2.78. The van der Waals surface area contributed by atoms with Crippen LogP contribution >= 0.6 is 0 Å². The van der Waals surface area contributed by atoms with Crippen LogP contribution in [0.5, 0.6) is 0 Å². The molecular weight excluding hydrogens is 695 g/mol. The molecule has 0 aromatic heterocycles. The molecule has 2 unspecified atom stereocenters. The van der Waals surface area contributed by atoms with Crippen LogP contribution < -0.4 is 0 Å². The molecule has 130 valence electrons. The number of methoxy groups -OCH3 is 1. The van der Waals surface area contributed by atoms with Crippen molar-refractivity contribution in [2.75, 3.05) is 27.2 Å². The Kier molecular flexibility index (Phi) is 9.17. The van der Waals surface area contributed by atoms with Crippen molar-refractivity contribution in [2.45, 2.75) is 46.7 Å². The van der Waals surface area contributed by atoms with E-state index in [9.17, 15) is 9.59 Å². The molecule has 2 atom stereocenters. The van der Waals surface area contributed by atoms with Crippen molar-refractivity contribution < 1.29 is 14.3 Å². The molecule has 0 spiro atoms. The minimum atomic E-state index is -0.244. The summed E-state index contributed by atoms with van der Waals surface area (Å²) in [5, 5.41) is 0. The average molecular weight is 721 g/mol. The van der Waals surface area contributed by atoms with Crippen molar-refractivity contribution in [1.29, 1.82) is 0 Å². The maximum absolute atomic E-state index is 12.5. The Morgan fingerprint density at radius 1 is 1.38 bits per heavy atom. The second-order valence-electron chi connectivity index (χ2n) is 7.21. The summed E-state index contributed by atoms with van der Waals surface area (Å²) in [5.41, 5.74) is -0.00116. The Morgan fingerprint density at radius 3 is 2.50 bits per heavy atom. The third kappa shape index (κ3) is 7.27. The molecule has 0 aromatic carbocycles.